The lowest BCUT2D eigenvalue weighted by Gasteiger charge is -2.08. The minimum absolute atomic E-state index is 0.867. The molecule has 0 unspecified atom stereocenters. The summed E-state index contributed by atoms with van der Waals surface area (Å²) < 4.78 is 1.08. The van der Waals surface area contributed by atoms with Crippen molar-refractivity contribution in [1.82, 2.24) is 15.0 Å². The zero-order valence-electron chi connectivity index (χ0n) is 9.99. The van der Waals surface area contributed by atoms with E-state index in [0.717, 1.165) is 26.2 Å². The molecule has 92 valence electrons. The SMILES string of the molecule is Ic1cccnc1-c1ncccc1-c1ccccn1. The van der Waals surface area contributed by atoms with E-state index in [-0.39, 0.29) is 0 Å². The first-order chi connectivity index (χ1) is 9.36. The highest BCUT2D eigenvalue weighted by molar-refractivity contribution is 14.1. The average Bonchev–Trinajstić information content (AvgIpc) is 2.49. The van der Waals surface area contributed by atoms with Crippen molar-refractivity contribution >= 4 is 22.6 Å². The van der Waals surface area contributed by atoms with Crippen LogP contribution in [-0.2, 0) is 0 Å². The summed E-state index contributed by atoms with van der Waals surface area (Å²) in [5, 5.41) is 0. The van der Waals surface area contributed by atoms with Gasteiger partial charge in [-0.2, -0.15) is 0 Å². The largest absolute Gasteiger partial charge is 0.256 e. The molecule has 0 atom stereocenters. The van der Waals surface area contributed by atoms with Gasteiger partial charge in [0.15, 0.2) is 0 Å². The van der Waals surface area contributed by atoms with Gasteiger partial charge >= 0.3 is 0 Å². The first kappa shape index (κ1) is 12.2. The quantitative estimate of drug-likeness (QED) is 0.654. The smallest absolute Gasteiger partial charge is 0.103 e. The second-order valence-corrected chi connectivity index (χ2v) is 5.11. The zero-order valence-corrected chi connectivity index (χ0v) is 12.2. The van der Waals surface area contributed by atoms with Gasteiger partial charge in [0.25, 0.3) is 0 Å². The van der Waals surface area contributed by atoms with Crippen LogP contribution in [0.2, 0.25) is 0 Å². The number of hydrogen-bond acceptors (Lipinski definition) is 3. The maximum Gasteiger partial charge on any atom is 0.103 e. The molecule has 0 N–H and O–H groups in total. The molecule has 3 heterocycles. The Bertz CT molecular complexity index is 699. The highest BCUT2D eigenvalue weighted by Gasteiger charge is 2.12. The highest BCUT2D eigenvalue weighted by atomic mass is 127. The van der Waals surface area contributed by atoms with Crippen molar-refractivity contribution < 1.29 is 0 Å². The van der Waals surface area contributed by atoms with Gasteiger partial charge < -0.3 is 0 Å². The Morgan fingerprint density at radius 2 is 1.42 bits per heavy atom. The summed E-state index contributed by atoms with van der Waals surface area (Å²) in [6.45, 7) is 0. The van der Waals surface area contributed by atoms with Crippen molar-refractivity contribution in [3.05, 3.63) is 64.6 Å². The molecule has 3 aromatic heterocycles. The van der Waals surface area contributed by atoms with Gasteiger partial charge in [0.1, 0.15) is 5.69 Å². The van der Waals surface area contributed by atoms with Gasteiger partial charge in [-0.3, -0.25) is 15.0 Å². The molecule has 3 aromatic rings. The van der Waals surface area contributed by atoms with Gasteiger partial charge in [0.05, 0.1) is 11.4 Å². The van der Waals surface area contributed by atoms with Crippen molar-refractivity contribution in [3.63, 3.8) is 0 Å². The fourth-order valence-corrected chi connectivity index (χ4v) is 2.49. The van der Waals surface area contributed by atoms with Gasteiger partial charge in [-0.15, -0.1) is 0 Å². The molecule has 19 heavy (non-hydrogen) atoms. The Balaban J connectivity index is 2.21. The molecule has 0 saturated carbocycles. The molecule has 0 spiro atoms. The molecular weight excluding hydrogens is 349 g/mol. The normalized spacial score (nSPS) is 10.4. The van der Waals surface area contributed by atoms with Gasteiger partial charge in [0.2, 0.25) is 0 Å². The number of pyridine rings is 3. The van der Waals surface area contributed by atoms with Crippen molar-refractivity contribution in [2.45, 2.75) is 0 Å². The Kier molecular flexibility index (Phi) is 3.50. The summed E-state index contributed by atoms with van der Waals surface area (Å²) in [5.74, 6) is 0. The Labute approximate surface area is 124 Å². The number of rotatable bonds is 2. The van der Waals surface area contributed by atoms with Crippen LogP contribution >= 0.6 is 22.6 Å². The van der Waals surface area contributed by atoms with Crippen molar-refractivity contribution in [3.8, 4) is 22.6 Å². The summed E-state index contributed by atoms with van der Waals surface area (Å²) in [7, 11) is 0. The Hall–Kier alpha value is -1.82. The predicted octanol–water partition coefficient (Wildman–Crippen LogP) is 3.81. The van der Waals surface area contributed by atoms with Gasteiger partial charge in [-0.05, 0) is 59.0 Å². The molecule has 0 radical (unpaired) electrons. The monoisotopic (exact) mass is 359 g/mol. The Morgan fingerprint density at radius 3 is 2.16 bits per heavy atom. The lowest BCUT2D eigenvalue weighted by atomic mass is 10.1. The molecule has 0 fully saturated rings. The van der Waals surface area contributed by atoms with E-state index < -0.39 is 0 Å². The van der Waals surface area contributed by atoms with Crippen LogP contribution in [0.25, 0.3) is 22.6 Å². The van der Waals surface area contributed by atoms with Gasteiger partial charge in [-0.1, -0.05) is 6.07 Å². The van der Waals surface area contributed by atoms with Crippen molar-refractivity contribution in [2.24, 2.45) is 0 Å². The standard InChI is InChI=1S/C15H10IN3/c16-12-6-4-10-19-15(12)14-11(5-3-9-18-14)13-7-1-2-8-17-13/h1-10H. The second kappa shape index (κ2) is 5.44. The van der Waals surface area contributed by atoms with Crippen LogP contribution in [0.1, 0.15) is 0 Å². The Morgan fingerprint density at radius 1 is 0.684 bits per heavy atom. The van der Waals surface area contributed by atoms with Crippen LogP contribution in [0.3, 0.4) is 0 Å². The molecule has 4 heteroatoms. The van der Waals surface area contributed by atoms with E-state index in [9.17, 15) is 0 Å². The molecule has 3 rings (SSSR count). The first-order valence-electron chi connectivity index (χ1n) is 5.83. The van der Waals surface area contributed by atoms with Crippen LogP contribution in [0.4, 0.5) is 0 Å². The third-order valence-electron chi connectivity index (χ3n) is 2.73. The van der Waals surface area contributed by atoms with Crippen LogP contribution in [0.15, 0.2) is 61.1 Å². The van der Waals surface area contributed by atoms with Crippen LogP contribution < -0.4 is 0 Å². The van der Waals surface area contributed by atoms with Crippen molar-refractivity contribution in [1.29, 1.82) is 0 Å². The van der Waals surface area contributed by atoms with Crippen LogP contribution in [0.5, 0.6) is 0 Å². The molecular formula is C15H10IN3. The van der Waals surface area contributed by atoms with Gasteiger partial charge in [0, 0.05) is 27.7 Å². The first-order valence-corrected chi connectivity index (χ1v) is 6.91. The molecule has 0 aliphatic carbocycles. The highest BCUT2D eigenvalue weighted by Crippen LogP contribution is 2.29. The van der Waals surface area contributed by atoms with E-state index in [1.165, 1.54) is 0 Å². The minimum Gasteiger partial charge on any atom is -0.256 e. The molecule has 0 aliphatic heterocycles. The van der Waals surface area contributed by atoms with Crippen LogP contribution in [0, 0.1) is 3.57 Å². The van der Waals surface area contributed by atoms with E-state index in [4.69, 9.17) is 0 Å². The third kappa shape index (κ3) is 2.49. The summed E-state index contributed by atoms with van der Waals surface area (Å²) in [4.78, 5) is 13.3. The number of hydrogen-bond donors (Lipinski definition) is 0. The maximum atomic E-state index is 4.48. The topological polar surface area (TPSA) is 38.7 Å². The third-order valence-corrected chi connectivity index (χ3v) is 3.60. The number of aromatic nitrogens is 3. The second-order valence-electron chi connectivity index (χ2n) is 3.95. The molecule has 0 bridgehead atoms. The molecule has 0 saturated heterocycles. The van der Waals surface area contributed by atoms with E-state index in [1.54, 1.807) is 18.6 Å². The van der Waals surface area contributed by atoms with E-state index in [2.05, 4.69) is 37.5 Å². The molecule has 0 aliphatic rings. The predicted molar refractivity (Wildman–Crippen MR) is 83.4 cm³/mol. The summed E-state index contributed by atoms with van der Waals surface area (Å²) in [6.07, 6.45) is 5.36. The average molecular weight is 359 g/mol. The number of nitrogens with zero attached hydrogens (tertiary/aromatic N) is 3. The van der Waals surface area contributed by atoms with Crippen molar-refractivity contribution in [2.75, 3.05) is 0 Å². The fourth-order valence-electron chi connectivity index (χ4n) is 1.88. The molecule has 3 nitrogen and oxygen atoms in total. The summed E-state index contributed by atoms with van der Waals surface area (Å²) in [5.41, 5.74) is 3.67. The lowest BCUT2D eigenvalue weighted by molar-refractivity contribution is 1.22. The molecule has 0 aromatic carbocycles. The fraction of sp³-hybridized carbons (Fsp3) is 0. The van der Waals surface area contributed by atoms with E-state index >= 15 is 0 Å². The zero-order chi connectivity index (χ0) is 13.1. The lowest BCUT2D eigenvalue weighted by Crippen LogP contribution is -1.94. The van der Waals surface area contributed by atoms with Gasteiger partial charge in [-0.25, -0.2) is 0 Å². The number of halogens is 1. The van der Waals surface area contributed by atoms with E-state index in [0.29, 0.717) is 0 Å². The van der Waals surface area contributed by atoms with Crippen LogP contribution in [-0.4, -0.2) is 15.0 Å². The minimum atomic E-state index is 0.867. The summed E-state index contributed by atoms with van der Waals surface area (Å²) >= 11 is 2.28. The van der Waals surface area contributed by atoms with E-state index in [1.807, 2.05) is 42.5 Å². The summed E-state index contributed by atoms with van der Waals surface area (Å²) in [6, 6.07) is 13.8. The molecule has 0 amide bonds. The maximum absolute atomic E-state index is 4.48.